The lowest BCUT2D eigenvalue weighted by atomic mass is 9.74. The summed E-state index contributed by atoms with van der Waals surface area (Å²) in [6.45, 7) is 2.03. The van der Waals surface area contributed by atoms with Gasteiger partial charge in [0.25, 0.3) is 0 Å². The Morgan fingerprint density at radius 2 is 1.88 bits per heavy atom. The minimum atomic E-state index is -4.38. The van der Waals surface area contributed by atoms with E-state index < -0.39 is 17.8 Å². The molecule has 2 aromatic carbocycles. The maximum absolute atomic E-state index is 13.6. The van der Waals surface area contributed by atoms with Crippen LogP contribution in [0.1, 0.15) is 40.6 Å². The first-order chi connectivity index (χ1) is 12.4. The van der Waals surface area contributed by atoms with Crippen molar-refractivity contribution in [1.82, 2.24) is 0 Å². The second kappa shape index (κ2) is 6.08. The van der Waals surface area contributed by atoms with Gasteiger partial charge in [-0.3, -0.25) is 0 Å². The molecule has 2 aromatic rings. The average molecular weight is 359 g/mol. The van der Waals surface area contributed by atoms with Gasteiger partial charge in [0.05, 0.1) is 24.4 Å². The summed E-state index contributed by atoms with van der Waals surface area (Å²) in [5.74, 6) is 0.809. The van der Waals surface area contributed by atoms with Crippen molar-refractivity contribution >= 4 is 5.69 Å². The van der Waals surface area contributed by atoms with Crippen molar-refractivity contribution in [3.63, 3.8) is 0 Å². The number of hydrogen-bond acceptors (Lipinski definition) is 2. The summed E-state index contributed by atoms with van der Waals surface area (Å²) in [4.78, 5) is 0. The first-order valence-electron chi connectivity index (χ1n) is 8.68. The summed E-state index contributed by atoms with van der Waals surface area (Å²) in [7, 11) is 1.59. The number of benzene rings is 2. The Labute approximate surface area is 150 Å². The van der Waals surface area contributed by atoms with Crippen LogP contribution in [-0.2, 0) is 6.18 Å². The Kier molecular flexibility index (Phi) is 3.98. The predicted octanol–water partition coefficient (Wildman–Crippen LogP) is 5.85. The molecule has 0 radical (unpaired) electrons. The SMILES string of the molecule is COc1ccc(C)c2c1N[C@H](c1ccccc1C(F)(F)F)[C@@H]1CC=C[C@@H]21. The highest BCUT2D eigenvalue weighted by Crippen LogP contribution is 2.54. The molecule has 5 heteroatoms. The summed E-state index contributed by atoms with van der Waals surface area (Å²) in [6, 6.07) is 9.32. The number of methoxy groups -OCH3 is 1. The van der Waals surface area contributed by atoms with Gasteiger partial charge in [-0.15, -0.1) is 0 Å². The largest absolute Gasteiger partial charge is 0.495 e. The number of alkyl halides is 3. The smallest absolute Gasteiger partial charge is 0.416 e. The molecule has 2 aliphatic rings. The second-order valence-electron chi connectivity index (χ2n) is 6.93. The van der Waals surface area contributed by atoms with Crippen LogP contribution in [0.4, 0.5) is 18.9 Å². The fourth-order valence-corrected chi connectivity index (χ4v) is 4.37. The first-order valence-corrected chi connectivity index (χ1v) is 8.68. The van der Waals surface area contributed by atoms with Crippen LogP contribution in [0.25, 0.3) is 0 Å². The maximum Gasteiger partial charge on any atom is 0.416 e. The number of nitrogens with one attached hydrogen (secondary N) is 1. The van der Waals surface area contributed by atoms with E-state index in [1.165, 1.54) is 6.07 Å². The van der Waals surface area contributed by atoms with Crippen LogP contribution in [0.15, 0.2) is 48.6 Å². The summed E-state index contributed by atoms with van der Waals surface area (Å²) >= 11 is 0. The highest BCUT2D eigenvalue weighted by Gasteiger charge is 2.43. The molecule has 0 unspecified atom stereocenters. The monoisotopic (exact) mass is 359 g/mol. The second-order valence-corrected chi connectivity index (χ2v) is 6.93. The number of ether oxygens (including phenoxy) is 1. The third-order valence-electron chi connectivity index (χ3n) is 5.52. The zero-order valence-electron chi connectivity index (χ0n) is 14.6. The van der Waals surface area contributed by atoms with Gasteiger partial charge in [0.1, 0.15) is 5.75 Å². The molecule has 4 rings (SSSR count). The van der Waals surface area contributed by atoms with Crippen molar-refractivity contribution in [3.8, 4) is 5.75 Å². The summed E-state index contributed by atoms with van der Waals surface area (Å²) in [5.41, 5.74) is 2.79. The summed E-state index contributed by atoms with van der Waals surface area (Å²) in [6.07, 6.45) is 0.579. The van der Waals surface area contributed by atoms with Gasteiger partial charge in [0.2, 0.25) is 0 Å². The van der Waals surface area contributed by atoms with E-state index in [9.17, 15) is 13.2 Å². The van der Waals surface area contributed by atoms with E-state index in [-0.39, 0.29) is 11.8 Å². The molecular weight excluding hydrogens is 339 g/mol. The van der Waals surface area contributed by atoms with Crippen LogP contribution >= 0.6 is 0 Å². The van der Waals surface area contributed by atoms with Crippen LogP contribution in [0, 0.1) is 12.8 Å². The number of rotatable bonds is 2. The number of aryl methyl sites for hydroxylation is 1. The quantitative estimate of drug-likeness (QED) is 0.679. The van der Waals surface area contributed by atoms with Gasteiger partial charge < -0.3 is 10.1 Å². The Morgan fingerprint density at radius 1 is 1.12 bits per heavy atom. The normalized spacial score (nSPS) is 24.0. The third-order valence-corrected chi connectivity index (χ3v) is 5.52. The van der Waals surface area contributed by atoms with Crippen LogP contribution in [0.3, 0.4) is 0 Å². The van der Waals surface area contributed by atoms with E-state index in [1.54, 1.807) is 19.2 Å². The molecule has 1 aliphatic carbocycles. The zero-order valence-corrected chi connectivity index (χ0v) is 14.6. The summed E-state index contributed by atoms with van der Waals surface area (Å²) < 4.78 is 46.2. The topological polar surface area (TPSA) is 21.3 Å². The average Bonchev–Trinajstić information content (AvgIpc) is 3.10. The molecule has 0 saturated carbocycles. The predicted molar refractivity (Wildman–Crippen MR) is 95.5 cm³/mol. The highest BCUT2D eigenvalue weighted by atomic mass is 19.4. The molecule has 2 nitrogen and oxygen atoms in total. The molecule has 1 N–H and O–H groups in total. The van der Waals surface area contributed by atoms with E-state index in [1.807, 2.05) is 19.1 Å². The van der Waals surface area contributed by atoms with Crippen molar-refractivity contribution in [1.29, 1.82) is 0 Å². The lowest BCUT2D eigenvalue weighted by molar-refractivity contribution is -0.138. The Balaban J connectivity index is 1.88. The van der Waals surface area contributed by atoms with Gasteiger partial charge in [0.15, 0.2) is 0 Å². The van der Waals surface area contributed by atoms with Crippen molar-refractivity contribution in [2.75, 3.05) is 12.4 Å². The number of allylic oxidation sites excluding steroid dienone is 2. The molecule has 0 aromatic heterocycles. The molecule has 1 aliphatic heterocycles. The van der Waals surface area contributed by atoms with Gasteiger partial charge in [0, 0.05) is 5.92 Å². The van der Waals surface area contributed by atoms with E-state index in [2.05, 4.69) is 17.5 Å². The lowest BCUT2D eigenvalue weighted by Gasteiger charge is -2.39. The lowest BCUT2D eigenvalue weighted by Crippen LogP contribution is -2.31. The van der Waals surface area contributed by atoms with Gasteiger partial charge in [-0.05, 0) is 48.1 Å². The first kappa shape index (κ1) is 17.0. The number of fused-ring (bicyclic) bond motifs is 3. The molecule has 0 amide bonds. The van der Waals surface area contributed by atoms with Gasteiger partial charge in [-0.2, -0.15) is 13.2 Å². The van der Waals surface area contributed by atoms with Crippen molar-refractivity contribution in [2.45, 2.75) is 31.5 Å². The Morgan fingerprint density at radius 3 is 2.62 bits per heavy atom. The van der Waals surface area contributed by atoms with E-state index >= 15 is 0 Å². The maximum atomic E-state index is 13.6. The number of halogens is 3. The van der Waals surface area contributed by atoms with Crippen LogP contribution in [0.5, 0.6) is 5.75 Å². The molecule has 1 heterocycles. The van der Waals surface area contributed by atoms with Crippen LogP contribution in [-0.4, -0.2) is 7.11 Å². The molecule has 3 atom stereocenters. The fraction of sp³-hybridized carbons (Fsp3) is 0.333. The van der Waals surface area contributed by atoms with Crippen molar-refractivity contribution in [2.24, 2.45) is 5.92 Å². The van der Waals surface area contributed by atoms with Gasteiger partial charge >= 0.3 is 6.18 Å². The van der Waals surface area contributed by atoms with Crippen molar-refractivity contribution in [3.05, 3.63) is 70.8 Å². The number of hydrogen-bond donors (Lipinski definition) is 1. The minimum Gasteiger partial charge on any atom is -0.495 e. The van der Waals surface area contributed by atoms with Crippen molar-refractivity contribution < 1.29 is 17.9 Å². The van der Waals surface area contributed by atoms with Gasteiger partial charge in [-0.1, -0.05) is 36.4 Å². The van der Waals surface area contributed by atoms with Gasteiger partial charge in [-0.25, -0.2) is 0 Å². The summed E-state index contributed by atoms with van der Waals surface area (Å²) in [5, 5.41) is 3.39. The highest BCUT2D eigenvalue weighted by molar-refractivity contribution is 5.70. The van der Waals surface area contributed by atoms with E-state index in [0.29, 0.717) is 11.3 Å². The molecule has 26 heavy (non-hydrogen) atoms. The van der Waals surface area contributed by atoms with Crippen LogP contribution < -0.4 is 10.1 Å². The molecule has 0 fully saturated rings. The fourth-order valence-electron chi connectivity index (χ4n) is 4.37. The minimum absolute atomic E-state index is 0.0526. The Hall–Kier alpha value is -2.43. The van der Waals surface area contributed by atoms with E-state index in [4.69, 9.17) is 4.74 Å². The third kappa shape index (κ3) is 2.57. The number of anilines is 1. The zero-order chi connectivity index (χ0) is 18.5. The molecule has 0 spiro atoms. The molecule has 0 bridgehead atoms. The Bertz CT molecular complexity index is 872. The molecule has 0 saturated heterocycles. The van der Waals surface area contributed by atoms with E-state index in [0.717, 1.165) is 29.3 Å². The molecular formula is C21H20F3NO. The molecule has 136 valence electrons. The van der Waals surface area contributed by atoms with Crippen LogP contribution in [0.2, 0.25) is 0 Å². The standard InChI is InChI=1S/C21H20F3NO/c1-12-10-11-17(26-2)20-18(12)13-7-5-8-14(13)19(25-20)15-6-3-4-9-16(15)21(22,23)24/h3-7,9-11,13-14,19,25H,8H2,1-2H3/t13-,14-,19+/m1/s1.